The Morgan fingerprint density at radius 1 is 1.11 bits per heavy atom. The van der Waals surface area contributed by atoms with Crippen LogP contribution in [0.4, 0.5) is 0 Å². The molecule has 136 valence electrons. The summed E-state index contributed by atoms with van der Waals surface area (Å²) < 4.78 is 10.7. The highest BCUT2D eigenvalue weighted by atomic mass is 32.1. The number of rotatable bonds is 4. The summed E-state index contributed by atoms with van der Waals surface area (Å²) in [6, 6.07) is 7.74. The fraction of sp³-hybridized carbons (Fsp3) is 0.273. The molecule has 0 bridgehead atoms. The minimum Gasteiger partial charge on any atom is -0.468 e. The average molecular weight is 378 g/mol. The van der Waals surface area contributed by atoms with Gasteiger partial charge in [-0.15, -0.1) is 29.6 Å². The molecule has 2 aromatic rings. The van der Waals surface area contributed by atoms with E-state index in [0.29, 0.717) is 10.4 Å². The molecule has 1 heterocycles. The number of esters is 2. The van der Waals surface area contributed by atoms with E-state index >= 15 is 0 Å². The summed E-state index contributed by atoms with van der Waals surface area (Å²) in [6.07, 6.45) is 5.48. The number of fused-ring (bicyclic) bond motifs is 1. The van der Waals surface area contributed by atoms with Crippen LogP contribution in [-0.2, 0) is 19.1 Å². The predicted octanol–water partition coefficient (Wildman–Crippen LogP) is 3.37. The van der Waals surface area contributed by atoms with Gasteiger partial charge in [-0.25, -0.2) is 0 Å². The van der Waals surface area contributed by atoms with E-state index in [1.165, 1.54) is 25.6 Å². The lowest BCUT2D eigenvalue weighted by Gasteiger charge is -2.23. The maximum Gasteiger partial charge on any atom is 0.325 e. The first-order valence-electron chi connectivity index (χ1n) is 8.07. The monoisotopic (exact) mass is 378 g/mol. The van der Waals surface area contributed by atoms with Gasteiger partial charge in [0.1, 0.15) is 0 Å². The summed E-state index contributed by atoms with van der Waals surface area (Å²) in [4.78, 5) is 25.5. The van der Waals surface area contributed by atoms with E-state index in [0.717, 1.165) is 10.1 Å². The molecule has 2 rings (SSSR count). The van der Waals surface area contributed by atoms with Crippen LogP contribution in [0.15, 0.2) is 24.3 Å². The molecule has 0 fully saturated rings. The van der Waals surface area contributed by atoms with Crippen LogP contribution in [0.2, 0.25) is 0 Å². The normalized spacial score (nSPS) is 10.0. The number of benzene rings is 1. The van der Waals surface area contributed by atoms with E-state index in [4.69, 9.17) is 15.9 Å². The van der Waals surface area contributed by atoms with Gasteiger partial charge in [0.05, 0.1) is 24.7 Å². The molecule has 0 aliphatic heterocycles. The van der Waals surface area contributed by atoms with Crippen LogP contribution in [0.5, 0.6) is 0 Å². The van der Waals surface area contributed by atoms with Crippen molar-refractivity contribution in [1.29, 1.82) is 0 Å². The molecule has 0 radical (unpaired) electrons. The number of terminal acetylenes is 1. The van der Waals surface area contributed by atoms with E-state index in [2.05, 4.69) is 29.6 Å². The Balaban J connectivity index is 2.50. The molecule has 0 amide bonds. The van der Waals surface area contributed by atoms with Crippen molar-refractivity contribution in [1.82, 2.24) is 0 Å². The van der Waals surface area contributed by atoms with Crippen LogP contribution in [0.25, 0.3) is 10.1 Å². The lowest BCUT2D eigenvalue weighted by molar-refractivity contribution is -0.168. The summed E-state index contributed by atoms with van der Waals surface area (Å²) >= 11 is 1.47. The van der Waals surface area contributed by atoms with E-state index in [1.807, 2.05) is 24.3 Å². The number of hydrogen-bond acceptors (Lipinski definition) is 5. The molecule has 1 aromatic heterocycles. The largest absolute Gasteiger partial charge is 0.468 e. The Morgan fingerprint density at radius 2 is 1.74 bits per heavy atom. The van der Waals surface area contributed by atoms with Crippen LogP contribution in [0.3, 0.4) is 0 Å². The first-order valence-corrected chi connectivity index (χ1v) is 8.89. The first kappa shape index (κ1) is 20.1. The van der Waals surface area contributed by atoms with Crippen molar-refractivity contribution >= 4 is 33.4 Å². The summed E-state index contributed by atoms with van der Waals surface area (Å²) in [5.74, 6) is 12.6. The smallest absolute Gasteiger partial charge is 0.325 e. The first-order chi connectivity index (χ1) is 13.0. The Morgan fingerprint density at radius 3 is 2.33 bits per heavy atom. The van der Waals surface area contributed by atoms with Crippen molar-refractivity contribution in [2.24, 2.45) is 5.41 Å². The second-order valence-corrected chi connectivity index (χ2v) is 6.65. The number of thiophene rings is 1. The van der Waals surface area contributed by atoms with Crippen molar-refractivity contribution in [3.8, 4) is 36.0 Å². The van der Waals surface area contributed by atoms with Gasteiger partial charge in [0.2, 0.25) is 0 Å². The molecule has 0 atom stereocenters. The third-order valence-electron chi connectivity index (χ3n) is 4.05. The van der Waals surface area contributed by atoms with Crippen LogP contribution < -0.4 is 0 Å². The van der Waals surface area contributed by atoms with Crippen LogP contribution in [-0.4, -0.2) is 26.2 Å². The van der Waals surface area contributed by atoms with Gasteiger partial charge in [0.25, 0.3) is 0 Å². The second-order valence-electron chi connectivity index (χ2n) is 5.59. The molecule has 0 unspecified atom stereocenters. The van der Waals surface area contributed by atoms with Crippen molar-refractivity contribution in [3.63, 3.8) is 0 Å². The standard InChI is InChI=1S/C22H18O4S/c1-5-7-14-22(20(23)25-3,21(24)26-4)15-10-12-16-17-11-8-9-13-19(17)27-18(16)6-2/h2,8-9,11,13H,14-15H2,1,3-4H3. The molecule has 0 N–H and O–H groups in total. The lowest BCUT2D eigenvalue weighted by atomic mass is 9.81. The molecule has 0 spiro atoms. The average Bonchev–Trinajstić information content (AvgIpc) is 3.07. The molecule has 0 aliphatic rings. The predicted molar refractivity (Wildman–Crippen MR) is 106 cm³/mol. The highest BCUT2D eigenvalue weighted by Gasteiger charge is 2.47. The number of ether oxygens (including phenoxy) is 2. The van der Waals surface area contributed by atoms with Crippen molar-refractivity contribution < 1.29 is 19.1 Å². The van der Waals surface area contributed by atoms with Gasteiger partial charge in [0, 0.05) is 22.9 Å². The Hall–Kier alpha value is -3.20. The van der Waals surface area contributed by atoms with E-state index in [9.17, 15) is 9.59 Å². The van der Waals surface area contributed by atoms with Gasteiger partial charge in [-0.3, -0.25) is 9.59 Å². The van der Waals surface area contributed by atoms with E-state index in [-0.39, 0.29) is 12.8 Å². The van der Waals surface area contributed by atoms with E-state index in [1.54, 1.807) is 6.92 Å². The summed E-state index contributed by atoms with van der Waals surface area (Å²) in [7, 11) is 2.44. The fourth-order valence-corrected chi connectivity index (χ4v) is 3.59. The zero-order valence-corrected chi connectivity index (χ0v) is 16.2. The number of methoxy groups -OCH3 is 2. The highest BCUT2D eigenvalue weighted by molar-refractivity contribution is 7.19. The van der Waals surface area contributed by atoms with Crippen LogP contribution in [0.1, 0.15) is 30.2 Å². The van der Waals surface area contributed by atoms with Crippen LogP contribution in [0, 0.1) is 41.4 Å². The fourth-order valence-electron chi connectivity index (χ4n) is 2.62. The van der Waals surface area contributed by atoms with Crippen molar-refractivity contribution in [2.45, 2.75) is 19.8 Å². The summed E-state index contributed by atoms with van der Waals surface area (Å²) in [6.45, 7) is 1.63. The summed E-state index contributed by atoms with van der Waals surface area (Å²) in [5.41, 5.74) is -0.884. The third kappa shape index (κ3) is 3.98. The molecule has 0 saturated heterocycles. The zero-order chi connectivity index (χ0) is 19.9. The van der Waals surface area contributed by atoms with Crippen molar-refractivity contribution in [2.75, 3.05) is 14.2 Å². The lowest BCUT2D eigenvalue weighted by Crippen LogP contribution is -2.40. The van der Waals surface area contributed by atoms with Gasteiger partial charge < -0.3 is 9.47 Å². The molecular formula is C22H18O4S. The van der Waals surface area contributed by atoms with Gasteiger partial charge >= 0.3 is 11.9 Å². The maximum absolute atomic E-state index is 12.4. The quantitative estimate of drug-likeness (QED) is 0.465. The maximum atomic E-state index is 12.4. The minimum atomic E-state index is -1.60. The minimum absolute atomic E-state index is 0.0378. The molecule has 5 heteroatoms. The molecular weight excluding hydrogens is 360 g/mol. The molecule has 4 nitrogen and oxygen atoms in total. The Kier molecular flexibility index (Phi) is 6.67. The Bertz CT molecular complexity index is 1020. The summed E-state index contributed by atoms with van der Waals surface area (Å²) in [5, 5.41) is 0.943. The number of carbonyl (C=O) groups excluding carboxylic acids is 2. The number of carbonyl (C=O) groups is 2. The third-order valence-corrected chi connectivity index (χ3v) is 5.15. The van der Waals surface area contributed by atoms with Gasteiger partial charge in [-0.2, -0.15) is 0 Å². The Labute approximate surface area is 162 Å². The molecule has 1 aromatic carbocycles. The topological polar surface area (TPSA) is 52.6 Å². The molecule has 0 saturated carbocycles. The molecule has 27 heavy (non-hydrogen) atoms. The van der Waals surface area contributed by atoms with Gasteiger partial charge in [-0.1, -0.05) is 36.0 Å². The van der Waals surface area contributed by atoms with Crippen molar-refractivity contribution in [3.05, 3.63) is 34.7 Å². The molecule has 0 aliphatic carbocycles. The van der Waals surface area contributed by atoms with E-state index < -0.39 is 17.4 Å². The van der Waals surface area contributed by atoms with Gasteiger partial charge in [0.15, 0.2) is 5.41 Å². The zero-order valence-electron chi connectivity index (χ0n) is 15.3. The van der Waals surface area contributed by atoms with Gasteiger partial charge in [-0.05, 0) is 13.0 Å². The highest BCUT2D eigenvalue weighted by Crippen LogP contribution is 2.32. The number of hydrogen-bond donors (Lipinski definition) is 0. The second kappa shape index (κ2) is 8.95. The SMILES string of the molecule is C#Cc1sc2ccccc2c1C#CCC(CC#CC)(C(=O)OC)C(=O)OC. The van der Waals surface area contributed by atoms with Crippen LogP contribution >= 0.6 is 11.3 Å².